The Kier molecular flexibility index (Phi) is 19.0. The molecule has 0 aliphatic carbocycles. The van der Waals surface area contributed by atoms with E-state index in [1.807, 2.05) is 218 Å². The van der Waals surface area contributed by atoms with Crippen molar-refractivity contribution in [1.29, 1.82) is 0 Å². The van der Waals surface area contributed by atoms with E-state index < -0.39 is 0 Å². The first kappa shape index (κ1) is 80.9. The molecule has 12 heterocycles. The van der Waals surface area contributed by atoms with Gasteiger partial charge in [-0.05, 0) is 115 Å². The van der Waals surface area contributed by atoms with Crippen LogP contribution in [0.4, 0.5) is 0 Å². The minimum atomic E-state index is 0.558. The van der Waals surface area contributed by atoms with Gasteiger partial charge in [-0.3, -0.25) is 4.57 Å². The molecule has 0 saturated heterocycles. The molecule has 30 rings (SSSR count). The van der Waals surface area contributed by atoms with Crippen molar-refractivity contribution < 1.29 is 22.1 Å². The zero-order chi connectivity index (χ0) is 92.7. The van der Waals surface area contributed by atoms with Gasteiger partial charge in [0.25, 0.3) is 0 Å². The van der Waals surface area contributed by atoms with Crippen molar-refractivity contribution >= 4 is 194 Å². The second kappa shape index (κ2) is 33.2. The summed E-state index contributed by atoms with van der Waals surface area (Å²) in [5.74, 6) is 7.21. The molecule has 0 unspecified atom stereocenters. The standard InChI is InChI=1S/C40H23N5OS.2C40H22N4O2S/c1-2-12-24(13-3-1)37-42-38(44-40(43-37)45-31-20-7-4-14-25(31)26-15-5-8-21-32(26)45)28-17-11-23-34-35(28)27-16-10-18-29(36(27)47-34)39-41-30-19-6-9-22-33(30)46-39;1-2-11-23(12-3-1)37-42-38(44-39(43-37)28-17-8-14-25-24-13-4-6-20-31(24)45-35(25)28)27-16-10-22-33-34(27)26-15-9-18-29(36(26)47-33)40-41-30-19-5-7-21-32(30)46-40;1-2-10-23(11-3-1)37-42-38(24-20-21-26-25-12-4-6-17-31(25)45-33(26)22-24)44-39(43-37)28-14-9-19-34-35(28)27-13-8-15-29(36(27)47-34)40-41-30-16-5-7-18-32(30)46-40/h1-23H;2*1-22H. The summed E-state index contributed by atoms with van der Waals surface area (Å²) in [6.07, 6.45) is 0. The number of furan rings is 2. The molecule has 18 nitrogen and oxygen atoms in total. The molecule has 141 heavy (non-hydrogen) atoms. The van der Waals surface area contributed by atoms with E-state index in [0.29, 0.717) is 70.2 Å². The molecule has 18 aromatic carbocycles. The van der Waals surface area contributed by atoms with Crippen LogP contribution in [0.1, 0.15) is 0 Å². The molecule has 0 amide bonds. The highest BCUT2D eigenvalue weighted by molar-refractivity contribution is 7.27. The number of hydrogen-bond donors (Lipinski definition) is 0. The molecule has 0 aliphatic rings. The fourth-order valence-corrected chi connectivity index (χ4v) is 23.2. The first-order valence-electron chi connectivity index (χ1n) is 46.0. The number of fused-ring (bicyclic) bond motifs is 21. The second-order valence-electron chi connectivity index (χ2n) is 34.3. The third kappa shape index (κ3) is 13.9. The largest absolute Gasteiger partial charge is 0.456 e. The molecule has 0 aliphatic heterocycles. The summed E-state index contributed by atoms with van der Waals surface area (Å²) in [6.45, 7) is 0. The highest BCUT2D eigenvalue weighted by atomic mass is 32.1. The van der Waals surface area contributed by atoms with E-state index in [-0.39, 0.29) is 0 Å². The lowest BCUT2D eigenvalue weighted by Gasteiger charge is -2.11. The van der Waals surface area contributed by atoms with E-state index in [1.165, 1.54) is 0 Å². The normalized spacial score (nSPS) is 11.8. The van der Waals surface area contributed by atoms with Crippen molar-refractivity contribution in [2.45, 2.75) is 0 Å². The summed E-state index contributed by atoms with van der Waals surface area (Å²) in [7, 11) is 0. The molecule has 12 aromatic heterocycles. The molecule has 0 spiro atoms. The Morgan fingerprint density at radius 3 is 0.936 bits per heavy atom. The lowest BCUT2D eigenvalue weighted by molar-refractivity contribution is 0.620. The topological polar surface area (TPSA) is 225 Å². The van der Waals surface area contributed by atoms with Gasteiger partial charge < -0.3 is 22.1 Å². The maximum atomic E-state index is 6.41. The third-order valence-electron chi connectivity index (χ3n) is 25.9. The van der Waals surface area contributed by atoms with Gasteiger partial charge in [0.2, 0.25) is 23.6 Å². The molecule has 30 aromatic rings. The molecule has 21 heteroatoms. The van der Waals surface area contributed by atoms with Crippen LogP contribution in [0.2, 0.25) is 0 Å². The monoisotopic (exact) mass is 1870 g/mol. The highest BCUT2D eigenvalue weighted by Crippen LogP contribution is 2.50. The van der Waals surface area contributed by atoms with E-state index in [0.717, 1.165) is 221 Å². The predicted molar refractivity (Wildman–Crippen MR) is 570 cm³/mol. The Bertz CT molecular complexity index is 10100. The van der Waals surface area contributed by atoms with Gasteiger partial charge in [-0.15, -0.1) is 34.0 Å². The summed E-state index contributed by atoms with van der Waals surface area (Å²) in [5.41, 5.74) is 20.3. The molecular formula is C120H67N13O5S3. The zero-order valence-corrected chi connectivity index (χ0v) is 76.7. The van der Waals surface area contributed by atoms with Gasteiger partial charge in [-0.1, -0.05) is 291 Å². The maximum absolute atomic E-state index is 6.41. The van der Waals surface area contributed by atoms with Crippen LogP contribution in [0.5, 0.6) is 0 Å². The number of aromatic nitrogens is 13. The van der Waals surface area contributed by atoms with Crippen LogP contribution in [0.15, 0.2) is 429 Å². The number of benzene rings is 18. The van der Waals surface area contributed by atoms with Crippen LogP contribution in [-0.2, 0) is 0 Å². The average Bonchev–Trinajstić information content (AvgIpc) is 1.59. The van der Waals surface area contributed by atoms with Crippen molar-refractivity contribution in [2.24, 2.45) is 0 Å². The highest BCUT2D eigenvalue weighted by Gasteiger charge is 2.28. The fourth-order valence-electron chi connectivity index (χ4n) is 19.5. The Labute approximate surface area is 811 Å². The van der Waals surface area contributed by atoms with Crippen molar-refractivity contribution in [1.82, 2.24) is 64.4 Å². The molecule has 660 valence electrons. The fraction of sp³-hybridized carbons (Fsp3) is 0. The third-order valence-corrected chi connectivity index (χ3v) is 29.5. The number of para-hydroxylation sites is 11. The second-order valence-corrected chi connectivity index (χ2v) is 37.5. The average molecular weight is 1870 g/mol. The minimum absolute atomic E-state index is 0.558. The SMILES string of the molecule is c1ccc(-c2nc(-c3ccc4c(c3)oc3ccccc34)nc(-c3cccc4sc5c(-c6nc7ccccc7o6)cccc5c34)n2)cc1.c1ccc(-c2nc(-c3cccc4c3oc3ccccc34)nc(-c3cccc4sc5c(-c6nc7ccccc7o6)cccc5c34)n2)cc1.c1ccc(-c2nc(-c3cccc4sc5c(-c6nc7ccccc7o6)cccc5c34)nc(-n3c4ccccc4c4ccccc43)n2)cc1. The van der Waals surface area contributed by atoms with Crippen molar-refractivity contribution in [3.8, 4) is 131 Å². The van der Waals surface area contributed by atoms with Crippen LogP contribution < -0.4 is 0 Å². The first-order chi connectivity index (χ1) is 69.8. The van der Waals surface area contributed by atoms with Crippen LogP contribution in [0.3, 0.4) is 0 Å². The first-order valence-corrected chi connectivity index (χ1v) is 48.5. The quantitative estimate of drug-likeness (QED) is 0.111. The van der Waals surface area contributed by atoms with E-state index in [1.54, 1.807) is 34.0 Å². The van der Waals surface area contributed by atoms with Gasteiger partial charge in [0.05, 0.1) is 33.3 Å². The minimum Gasteiger partial charge on any atom is -0.456 e. The van der Waals surface area contributed by atoms with Crippen molar-refractivity contribution in [3.05, 3.63) is 406 Å². The van der Waals surface area contributed by atoms with E-state index in [9.17, 15) is 0 Å². The van der Waals surface area contributed by atoms with Gasteiger partial charge in [0, 0.05) is 132 Å². The summed E-state index contributed by atoms with van der Waals surface area (Å²) in [5, 5.41) is 13.1. The van der Waals surface area contributed by atoms with Crippen LogP contribution in [-0.4, -0.2) is 64.4 Å². The summed E-state index contributed by atoms with van der Waals surface area (Å²) in [4.78, 5) is 60.3. The Morgan fingerprint density at radius 1 is 0.184 bits per heavy atom. The molecule has 0 radical (unpaired) electrons. The molecule has 0 fully saturated rings. The lowest BCUT2D eigenvalue weighted by atomic mass is 10.0. The van der Waals surface area contributed by atoms with E-state index in [4.69, 9.17) is 81.9 Å². The number of hydrogen-bond acceptors (Lipinski definition) is 20. The van der Waals surface area contributed by atoms with Crippen molar-refractivity contribution in [3.63, 3.8) is 0 Å². The van der Waals surface area contributed by atoms with Gasteiger partial charge >= 0.3 is 0 Å². The van der Waals surface area contributed by atoms with Gasteiger partial charge in [0.1, 0.15) is 38.9 Å². The predicted octanol–water partition coefficient (Wildman–Crippen LogP) is 32.4. The smallest absolute Gasteiger partial charge is 0.238 e. The Hall–Kier alpha value is -18.5. The van der Waals surface area contributed by atoms with Gasteiger partial charge in [0.15, 0.2) is 63.3 Å². The molecular weight excluding hydrogens is 1800 g/mol. The summed E-state index contributed by atoms with van der Waals surface area (Å²) >= 11 is 5.18. The molecule has 0 saturated carbocycles. The molecule has 0 atom stereocenters. The van der Waals surface area contributed by atoms with Crippen LogP contribution in [0.25, 0.3) is 291 Å². The van der Waals surface area contributed by atoms with E-state index >= 15 is 0 Å². The van der Waals surface area contributed by atoms with Crippen LogP contribution >= 0.6 is 34.0 Å². The van der Waals surface area contributed by atoms with Crippen LogP contribution in [0, 0.1) is 0 Å². The molecule has 0 bridgehead atoms. The number of thiophene rings is 3. The zero-order valence-electron chi connectivity index (χ0n) is 74.3. The van der Waals surface area contributed by atoms with Crippen molar-refractivity contribution in [2.75, 3.05) is 0 Å². The number of rotatable bonds is 12. The number of oxazole rings is 3. The lowest BCUT2D eigenvalue weighted by Crippen LogP contribution is -2.06. The maximum Gasteiger partial charge on any atom is 0.238 e. The van der Waals surface area contributed by atoms with Gasteiger partial charge in [-0.25, -0.2) is 49.8 Å². The number of nitrogens with zero attached hydrogens (tertiary/aromatic N) is 13. The Balaban J connectivity index is 0.000000104. The Morgan fingerprint density at radius 2 is 0.489 bits per heavy atom. The summed E-state index contributed by atoms with van der Waals surface area (Å²) in [6, 6.07) is 137. The summed E-state index contributed by atoms with van der Waals surface area (Å²) < 4.78 is 40.2. The molecule has 0 N–H and O–H groups in total. The van der Waals surface area contributed by atoms with Gasteiger partial charge in [-0.2, -0.15) is 9.97 Å². The van der Waals surface area contributed by atoms with E-state index in [2.05, 4.69) is 193 Å².